The Hall–Kier alpha value is -2.82. The lowest BCUT2D eigenvalue weighted by atomic mass is 9.94. The normalized spacial score (nSPS) is 15.8. The van der Waals surface area contributed by atoms with Crippen LogP contribution in [0.5, 0.6) is 11.5 Å². The van der Waals surface area contributed by atoms with Gasteiger partial charge in [-0.1, -0.05) is 60.7 Å². The van der Waals surface area contributed by atoms with E-state index < -0.39 is 0 Å². The van der Waals surface area contributed by atoms with Crippen molar-refractivity contribution < 1.29 is 9.47 Å². The fraction of sp³-hybridized carbons (Fsp3) is 0.333. The van der Waals surface area contributed by atoms with E-state index in [9.17, 15) is 0 Å². The Bertz CT molecular complexity index is 949. The van der Waals surface area contributed by atoms with E-state index in [2.05, 4.69) is 76.9 Å². The maximum atomic E-state index is 5.75. The van der Waals surface area contributed by atoms with Crippen molar-refractivity contribution in [3.8, 4) is 22.6 Å². The summed E-state index contributed by atoms with van der Waals surface area (Å²) in [4.78, 5) is 2.58. The summed E-state index contributed by atoms with van der Waals surface area (Å²) in [5.41, 5.74) is 5.01. The summed E-state index contributed by atoms with van der Waals surface area (Å²) in [6, 6.07) is 26.1. The van der Waals surface area contributed by atoms with Crippen LogP contribution in [-0.2, 0) is 0 Å². The van der Waals surface area contributed by atoms with Crippen LogP contribution in [0.2, 0.25) is 0 Å². The lowest BCUT2D eigenvalue weighted by molar-refractivity contribution is 0.240. The third-order valence-corrected chi connectivity index (χ3v) is 5.88. The minimum Gasteiger partial charge on any atom is -0.493 e. The van der Waals surface area contributed by atoms with Gasteiger partial charge < -0.3 is 14.8 Å². The molecule has 1 N–H and O–H groups in total. The molecule has 1 atom stereocenters. The van der Waals surface area contributed by atoms with Crippen LogP contribution in [0.1, 0.15) is 30.5 Å². The van der Waals surface area contributed by atoms with Gasteiger partial charge in [-0.05, 0) is 54.3 Å². The van der Waals surface area contributed by atoms with Crippen LogP contribution in [0.3, 0.4) is 0 Å². The number of hydrogen-bond donors (Lipinski definition) is 1. The van der Waals surface area contributed by atoms with Gasteiger partial charge in [0.1, 0.15) is 0 Å². The molecule has 1 aliphatic heterocycles. The smallest absolute Gasteiger partial charge is 0.161 e. The van der Waals surface area contributed by atoms with E-state index >= 15 is 0 Å². The summed E-state index contributed by atoms with van der Waals surface area (Å²) < 4.78 is 11.4. The Morgan fingerprint density at radius 3 is 2.32 bits per heavy atom. The third kappa shape index (κ3) is 5.09. The first-order chi connectivity index (χ1) is 15.3. The van der Waals surface area contributed by atoms with Crippen molar-refractivity contribution in [3.05, 3.63) is 83.9 Å². The molecule has 1 fully saturated rings. The van der Waals surface area contributed by atoms with Gasteiger partial charge in [0, 0.05) is 19.6 Å². The molecule has 3 aromatic carbocycles. The van der Waals surface area contributed by atoms with E-state index in [1.54, 1.807) is 7.11 Å². The molecule has 162 valence electrons. The molecule has 0 aromatic heterocycles. The second-order valence-electron chi connectivity index (χ2n) is 7.87. The van der Waals surface area contributed by atoms with Gasteiger partial charge in [0.15, 0.2) is 11.5 Å². The van der Waals surface area contributed by atoms with Crippen molar-refractivity contribution in [1.82, 2.24) is 10.2 Å². The van der Waals surface area contributed by atoms with E-state index in [4.69, 9.17) is 9.47 Å². The highest BCUT2D eigenvalue weighted by molar-refractivity contribution is 5.63. The molecule has 0 spiro atoms. The predicted molar refractivity (Wildman–Crippen MR) is 127 cm³/mol. The monoisotopic (exact) mass is 416 g/mol. The number of nitrogens with zero attached hydrogens (tertiary/aromatic N) is 1. The van der Waals surface area contributed by atoms with Gasteiger partial charge in [-0.2, -0.15) is 0 Å². The zero-order valence-corrected chi connectivity index (χ0v) is 18.5. The van der Waals surface area contributed by atoms with Crippen LogP contribution in [0.25, 0.3) is 11.1 Å². The topological polar surface area (TPSA) is 33.7 Å². The van der Waals surface area contributed by atoms with Crippen molar-refractivity contribution in [2.75, 3.05) is 39.9 Å². The molecule has 1 aliphatic rings. The van der Waals surface area contributed by atoms with Gasteiger partial charge in [-0.15, -0.1) is 0 Å². The van der Waals surface area contributed by atoms with E-state index in [-0.39, 0.29) is 6.04 Å². The van der Waals surface area contributed by atoms with Crippen molar-refractivity contribution in [1.29, 1.82) is 0 Å². The van der Waals surface area contributed by atoms with Gasteiger partial charge in [-0.3, -0.25) is 4.90 Å². The molecular weight excluding hydrogens is 384 g/mol. The molecule has 0 radical (unpaired) electrons. The van der Waals surface area contributed by atoms with Crippen LogP contribution in [-0.4, -0.2) is 44.8 Å². The minimum absolute atomic E-state index is 0.175. The fourth-order valence-electron chi connectivity index (χ4n) is 4.36. The van der Waals surface area contributed by atoms with Crippen LogP contribution in [0, 0.1) is 0 Å². The fourth-order valence-corrected chi connectivity index (χ4v) is 4.36. The molecule has 0 bridgehead atoms. The number of hydrogen-bond acceptors (Lipinski definition) is 4. The molecule has 0 aliphatic carbocycles. The first-order valence-corrected chi connectivity index (χ1v) is 11.2. The highest BCUT2D eigenvalue weighted by Crippen LogP contribution is 2.36. The Balaban J connectivity index is 1.71. The summed E-state index contributed by atoms with van der Waals surface area (Å²) in [7, 11) is 1.71. The number of benzene rings is 3. The van der Waals surface area contributed by atoms with Crippen LogP contribution >= 0.6 is 0 Å². The molecule has 4 heteroatoms. The van der Waals surface area contributed by atoms with E-state index in [0.717, 1.165) is 44.1 Å². The van der Waals surface area contributed by atoms with Gasteiger partial charge in [-0.25, -0.2) is 0 Å². The van der Waals surface area contributed by atoms with Gasteiger partial charge in [0.2, 0.25) is 0 Å². The third-order valence-electron chi connectivity index (χ3n) is 5.88. The maximum absolute atomic E-state index is 5.75. The summed E-state index contributed by atoms with van der Waals surface area (Å²) in [5, 5.41) is 3.53. The standard InChI is InChI=1S/C27H32N2O2/c1-3-31-25-15-14-24(20-26(25)30-2)27(29-18-7-16-28-17-19-29)23-12-10-22(11-13-23)21-8-5-4-6-9-21/h4-6,8-15,20,27-28H,3,7,16-19H2,1-2H3. The predicted octanol–water partition coefficient (Wildman–Crippen LogP) is 5.15. The number of ether oxygens (including phenoxy) is 2. The molecule has 31 heavy (non-hydrogen) atoms. The average Bonchev–Trinajstić information content (AvgIpc) is 3.11. The Morgan fingerprint density at radius 2 is 1.58 bits per heavy atom. The van der Waals surface area contributed by atoms with E-state index in [1.807, 2.05) is 13.0 Å². The first kappa shape index (κ1) is 21.4. The summed E-state index contributed by atoms with van der Waals surface area (Å²) in [6.07, 6.45) is 1.15. The largest absolute Gasteiger partial charge is 0.493 e. The van der Waals surface area contributed by atoms with Crippen LogP contribution < -0.4 is 14.8 Å². The Labute approximate surface area is 185 Å². The van der Waals surface area contributed by atoms with E-state index in [1.165, 1.54) is 22.3 Å². The average molecular weight is 417 g/mol. The molecule has 3 aromatic rings. The molecule has 1 heterocycles. The summed E-state index contributed by atoms with van der Waals surface area (Å²) in [6.45, 7) is 6.77. The molecule has 0 amide bonds. The number of rotatable bonds is 7. The van der Waals surface area contributed by atoms with Crippen molar-refractivity contribution in [2.24, 2.45) is 0 Å². The van der Waals surface area contributed by atoms with Crippen molar-refractivity contribution >= 4 is 0 Å². The quantitative estimate of drug-likeness (QED) is 0.578. The van der Waals surface area contributed by atoms with Gasteiger partial charge in [0.25, 0.3) is 0 Å². The Kier molecular flexibility index (Phi) is 7.23. The van der Waals surface area contributed by atoms with Gasteiger partial charge >= 0.3 is 0 Å². The molecule has 4 rings (SSSR count). The second-order valence-corrected chi connectivity index (χ2v) is 7.87. The highest BCUT2D eigenvalue weighted by Gasteiger charge is 2.24. The van der Waals surface area contributed by atoms with Crippen LogP contribution in [0.15, 0.2) is 72.8 Å². The summed E-state index contributed by atoms with van der Waals surface area (Å²) in [5.74, 6) is 1.59. The molecule has 0 saturated carbocycles. The molecule has 4 nitrogen and oxygen atoms in total. The zero-order valence-electron chi connectivity index (χ0n) is 18.5. The Morgan fingerprint density at radius 1 is 0.839 bits per heavy atom. The van der Waals surface area contributed by atoms with Crippen molar-refractivity contribution in [3.63, 3.8) is 0 Å². The van der Waals surface area contributed by atoms with Crippen LogP contribution in [0.4, 0.5) is 0 Å². The minimum atomic E-state index is 0.175. The number of methoxy groups -OCH3 is 1. The lowest BCUT2D eigenvalue weighted by Crippen LogP contribution is -2.33. The number of nitrogens with one attached hydrogen (secondary N) is 1. The highest BCUT2D eigenvalue weighted by atomic mass is 16.5. The first-order valence-electron chi connectivity index (χ1n) is 11.2. The SMILES string of the molecule is CCOc1ccc(C(c2ccc(-c3ccccc3)cc2)N2CCCNCC2)cc1OC. The molecule has 1 saturated heterocycles. The second kappa shape index (κ2) is 10.5. The molecule has 1 unspecified atom stereocenters. The van der Waals surface area contributed by atoms with E-state index in [0.29, 0.717) is 6.61 Å². The molecular formula is C27H32N2O2. The zero-order chi connectivity index (χ0) is 21.5. The summed E-state index contributed by atoms with van der Waals surface area (Å²) >= 11 is 0. The van der Waals surface area contributed by atoms with Gasteiger partial charge in [0.05, 0.1) is 19.8 Å². The van der Waals surface area contributed by atoms with Crippen molar-refractivity contribution in [2.45, 2.75) is 19.4 Å². The lowest BCUT2D eigenvalue weighted by Gasteiger charge is -2.32. The maximum Gasteiger partial charge on any atom is 0.161 e.